The van der Waals surface area contributed by atoms with E-state index in [1.807, 2.05) is 24.3 Å². The molecule has 84 valence electrons. The summed E-state index contributed by atoms with van der Waals surface area (Å²) < 4.78 is 9.45. The minimum atomic E-state index is 0.435. The first kappa shape index (κ1) is 9.98. The Morgan fingerprint density at radius 1 is 1.29 bits per heavy atom. The van der Waals surface area contributed by atoms with Crippen LogP contribution in [0.2, 0.25) is 0 Å². The summed E-state index contributed by atoms with van der Waals surface area (Å²) >= 11 is 1.16. The molecule has 0 saturated heterocycles. The summed E-state index contributed by atoms with van der Waals surface area (Å²) in [5.41, 5.74) is 7.17. The van der Waals surface area contributed by atoms with Crippen molar-refractivity contribution in [2.75, 3.05) is 5.73 Å². The molecule has 0 unspecified atom stereocenters. The van der Waals surface area contributed by atoms with Gasteiger partial charge >= 0.3 is 0 Å². The lowest BCUT2D eigenvalue weighted by Gasteiger charge is -1.98. The van der Waals surface area contributed by atoms with Crippen LogP contribution in [0.4, 0.5) is 5.13 Å². The van der Waals surface area contributed by atoms with Gasteiger partial charge in [0.2, 0.25) is 0 Å². The van der Waals surface area contributed by atoms with Crippen molar-refractivity contribution in [1.29, 1.82) is 0 Å². The molecular formula is C11H8N4OS. The van der Waals surface area contributed by atoms with E-state index in [9.17, 15) is 0 Å². The van der Waals surface area contributed by atoms with Crippen molar-refractivity contribution in [3.05, 3.63) is 36.7 Å². The van der Waals surface area contributed by atoms with Crippen LogP contribution >= 0.6 is 11.5 Å². The molecule has 17 heavy (non-hydrogen) atoms. The van der Waals surface area contributed by atoms with Gasteiger partial charge in [0.25, 0.3) is 0 Å². The highest BCUT2D eigenvalue weighted by Gasteiger charge is 2.08. The second-order valence-corrected chi connectivity index (χ2v) is 4.15. The first-order chi connectivity index (χ1) is 8.33. The van der Waals surface area contributed by atoms with Gasteiger partial charge < -0.3 is 10.2 Å². The Balaban J connectivity index is 2.05. The first-order valence-electron chi connectivity index (χ1n) is 4.92. The number of aromatic nitrogens is 3. The van der Waals surface area contributed by atoms with Crippen molar-refractivity contribution in [1.82, 2.24) is 14.3 Å². The van der Waals surface area contributed by atoms with E-state index in [0.717, 1.165) is 22.9 Å². The van der Waals surface area contributed by atoms with Crippen LogP contribution in [0.5, 0.6) is 0 Å². The number of furan rings is 1. The third-order valence-electron chi connectivity index (χ3n) is 2.24. The quantitative estimate of drug-likeness (QED) is 0.749. The molecular weight excluding hydrogens is 236 g/mol. The predicted octanol–water partition coefficient (Wildman–Crippen LogP) is 2.44. The van der Waals surface area contributed by atoms with Gasteiger partial charge in [-0.05, 0) is 24.3 Å². The monoisotopic (exact) mass is 244 g/mol. The standard InChI is InChI=1S/C11H8N4OS/c12-11-14-10(15-17-11)8-6-7(3-4-13-8)9-2-1-5-16-9/h1-6H,(H2,12,14,15). The van der Waals surface area contributed by atoms with E-state index in [1.165, 1.54) is 0 Å². The zero-order valence-corrected chi connectivity index (χ0v) is 9.52. The fraction of sp³-hybridized carbons (Fsp3) is 0. The zero-order chi connectivity index (χ0) is 11.7. The van der Waals surface area contributed by atoms with E-state index in [1.54, 1.807) is 12.5 Å². The average Bonchev–Trinajstić information content (AvgIpc) is 3.00. The van der Waals surface area contributed by atoms with Crippen LogP contribution in [0.1, 0.15) is 0 Å². The van der Waals surface area contributed by atoms with Crippen molar-refractivity contribution in [2.45, 2.75) is 0 Å². The Hall–Kier alpha value is -2.21. The number of hydrogen-bond donors (Lipinski definition) is 1. The molecule has 5 nitrogen and oxygen atoms in total. The van der Waals surface area contributed by atoms with Gasteiger partial charge in [0.15, 0.2) is 11.0 Å². The lowest BCUT2D eigenvalue weighted by molar-refractivity contribution is 0.582. The van der Waals surface area contributed by atoms with Crippen molar-refractivity contribution in [3.63, 3.8) is 0 Å². The fourth-order valence-corrected chi connectivity index (χ4v) is 1.93. The lowest BCUT2D eigenvalue weighted by atomic mass is 10.2. The molecule has 3 aromatic heterocycles. The van der Waals surface area contributed by atoms with Crippen LogP contribution in [-0.2, 0) is 0 Å². The summed E-state index contributed by atoms with van der Waals surface area (Å²) in [4.78, 5) is 8.31. The number of nitrogens with zero attached hydrogens (tertiary/aromatic N) is 3. The molecule has 0 radical (unpaired) electrons. The van der Waals surface area contributed by atoms with Crippen molar-refractivity contribution in [2.24, 2.45) is 0 Å². The van der Waals surface area contributed by atoms with Crippen molar-refractivity contribution >= 4 is 16.7 Å². The summed E-state index contributed by atoms with van der Waals surface area (Å²) in [5.74, 6) is 1.33. The third kappa shape index (κ3) is 1.90. The van der Waals surface area contributed by atoms with Gasteiger partial charge in [-0.2, -0.15) is 9.36 Å². The van der Waals surface area contributed by atoms with Crippen molar-refractivity contribution in [3.8, 4) is 22.8 Å². The topological polar surface area (TPSA) is 77.8 Å². The van der Waals surface area contributed by atoms with Gasteiger partial charge in [0, 0.05) is 23.3 Å². The molecule has 3 rings (SSSR count). The normalized spacial score (nSPS) is 10.6. The molecule has 0 saturated carbocycles. The van der Waals surface area contributed by atoms with Crippen LogP contribution in [-0.4, -0.2) is 14.3 Å². The van der Waals surface area contributed by atoms with Crippen LogP contribution in [0.3, 0.4) is 0 Å². The summed E-state index contributed by atoms with van der Waals surface area (Å²) in [7, 11) is 0. The summed E-state index contributed by atoms with van der Waals surface area (Å²) in [6.07, 6.45) is 3.33. The molecule has 6 heteroatoms. The number of anilines is 1. The Morgan fingerprint density at radius 3 is 2.94 bits per heavy atom. The highest BCUT2D eigenvalue weighted by molar-refractivity contribution is 7.09. The van der Waals surface area contributed by atoms with Gasteiger partial charge in [0.1, 0.15) is 11.5 Å². The highest BCUT2D eigenvalue weighted by atomic mass is 32.1. The average molecular weight is 244 g/mol. The summed E-state index contributed by atoms with van der Waals surface area (Å²) in [6, 6.07) is 7.48. The molecule has 0 aliphatic rings. The predicted molar refractivity (Wildman–Crippen MR) is 65.3 cm³/mol. The Bertz CT molecular complexity index is 632. The van der Waals surface area contributed by atoms with Crippen LogP contribution in [0.15, 0.2) is 41.1 Å². The van der Waals surface area contributed by atoms with Crippen molar-refractivity contribution < 1.29 is 4.42 Å². The van der Waals surface area contributed by atoms with Crippen LogP contribution in [0, 0.1) is 0 Å². The molecule has 0 bridgehead atoms. The number of nitrogens with two attached hydrogens (primary N) is 1. The smallest absolute Gasteiger partial charge is 0.200 e. The SMILES string of the molecule is Nc1nc(-c2cc(-c3ccco3)ccn2)ns1. The van der Waals surface area contributed by atoms with Gasteiger partial charge in [0.05, 0.1) is 6.26 Å². The molecule has 3 heterocycles. The van der Waals surface area contributed by atoms with E-state index >= 15 is 0 Å². The third-order valence-corrected chi connectivity index (χ3v) is 2.78. The number of pyridine rings is 1. The maximum absolute atomic E-state index is 5.55. The molecule has 0 aromatic carbocycles. The largest absolute Gasteiger partial charge is 0.464 e. The van der Waals surface area contributed by atoms with Gasteiger partial charge in [-0.25, -0.2) is 0 Å². The molecule has 0 spiro atoms. The van der Waals surface area contributed by atoms with E-state index in [2.05, 4.69) is 14.3 Å². The Labute approximate surface area is 101 Å². The molecule has 0 aliphatic heterocycles. The maximum Gasteiger partial charge on any atom is 0.200 e. The Morgan fingerprint density at radius 2 is 2.24 bits per heavy atom. The molecule has 0 amide bonds. The van der Waals surface area contributed by atoms with Gasteiger partial charge in [-0.15, -0.1) is 0 Å². The van der Waals surface area contributed by atoms with Crippen LogP contribution in [0.25, 0.3) is 22.8 Å². The van der Waals surface area contributed by atoms with Crippen LogP contribution < -0.4 is 5.73 Å². The van der Waals surface area contributed by atoms with Gasteiger partial charge in [-0.3, -0.25) is 4.98 Å². The first-order valence-corrected chi connectivity index (χ1v) is 5.70. The van der Waals surface area contributed by atoms with E-state index in [4.69, 9.17) is 10.2 Å². The molecule has 0 atom stereocenters. The number of hydrogen-bond acceptors (Lipinski definition) is 6. The minimum Gasteiger partial charge on any atom is -0.464 e. The lowest BCUT2D eigenvalue weighted by Crippen LogP contribution is -1.87. The number of nitrogen functional groups attached to an aromatic ring is 1. The highest BCUT2D eigenvalue weighted by Crippen LogP contribution is 2.24. The van der Waals surface area contributed by atoms with E-state index in [-0.39, 0.29) is 0 Å². The fourth-order valence-electron chi connectivity index (χ4n) is 1.49. The maximum atomic E-state index is 5.55. The second-order valence-electron chi connectivity index (χ2n) is 3.36. The van der Waals surface area contributed by atoms with Gasteiger partial charge in [-0.1, -0.05) is 0 Å². The Kier molecular flexibility index (Phi) is 2.34. The second kappa shape index (κ2) is 3.99. The number of rotatable bonds is 2. The minimum absolute atomic E-state index is 0.435. The summed E-state index contributed by atoms with van der Waals surface area (Å²) in [6.45, 7) is 0. The molecule has 0 aliphatic carbocycles. The van der Waals surface area contributed by atoms with E-state index in [0.29, 0.717) is 16.6 Å². The molecule has 3 aromatic rings. The summed E-state index contributed by atoms with van der Waals surface area (Å²) in [5, 5.41) is 0.435. The van der Waals surface area contributed by atoms with E-state index < -0.39 is 0 Å². The zero-order valence-electron chi connectivity index (χ0n) is 8.70. The molecule has 0 fully saturated rings. The molecule has 2 N–H and O–H groups in total.